The van der Waals surface area contributed by atoms with E-state index in [1.165, 1.54) is 18.4 Å². The molecule has 2 atom stereocenters. The van der Waals surface area contributed by atoms with Gasteiger partial charge in [0, 0.05) is 29.9 Å². The summed E-state index contributed by atoms with van der Waals surface area (Å²) < 4.78 is 1.81. The molecule has 2 bridgehead atoms. The Hall–Kier alpha value is -2.92. The number of carbonyl (C=O) groups is 1. The van der Waals surface area contributed by atoms with Crippen LogP contribution in [0.4, 0.5) is 0 Å². The van der Waals surface area contributed by atoms with Crippen LogP contribution in [0.25, 0.3) is 16.9 Å². The fourth-order valence-corrected chi connectivity index (χ4v) is 4.62. The maximum atomic E-state index is 13.3. The minimum Gasteiger partial charge on any atom is -0.349 e. The number of benzene rings is 2. The van der Waals surface area contributed by atoms with Crippen LogP contribution >= 0.6 is 0 Å². The fraction of sp³-hybridized carbons (Fsp3) is 0.333. The Morgan fingerprint density at radius 3 is 2.41 bits per heavy atom. The van der Waals surface area contributed by atoms with E-state index in [9.17, 15) is 4.79 Å². The summed E-state index contributed by atoms with van der Waals surface area (Å²) in [4.78, 5) is 13.3. The van der Waals surface area contributed by atoms with Crippen LogP contribution in [0.5, 0.6) is 0 Å². The summed E-state index contributed by atoms with van der Waals surface area (Å²) in [6, 6.07) is 19.4. The van der Waals surface area contributed by atoms with Crippen molar-refractivity contribution in [3.05, 3.63) is 71.9 Å². The van der Waals surface area contributed by atoms with Crippen molar-refractivity contribution < 1.29 is 4.79 Å². The number of nitrogens with zero attached hydrogens (tertiary/aromatic N) is 2. The van der Waals surface area contributed by atoms with Crippen LogP contribution in [0.15, 0.2) is 60.8 Å². The summed E-state index contributed by atoms with van der Waals surface area (Å²) in [6.45, 7) is 2.06. The van der Waals surface area contributed by atoms with Gasteiger partial charge in [-0.25, -0.2) is 4.68 Å². The number of amides is 1. The summed E-state index contributed by atoms with van der Waals surface area (Å²) in [5.41, 5.74) is 4.45. The van der Waals surface area contributed by atoms with Crippen LogP contribution in [0.2, 0.25) is 0 Å². The monoisotopic (exact) mass is 386 g/mol. The molecule has 2 fully saturated rings. The topological polar surface area (TPSA) is 59.0 Å². The van der Waals surface area contributed by atoms with Gasteiger partial charge in [0.1, 0.15) is 5.69 Å². The van der Waals surface area contributed by atoms with Gasteiger partial charge in [-0.1, -0.05) is 48.0 Å². The molecular formula is C24H26N4O. The maximum Gasteiger partial charge on any atom is 0.255 e. The molecule has 1 amide bonds. The van der Waals surface area contributed by atoms with Crippen molar-refractivity contribution in [2.24, 2.45) is 0 Å². The smallest absolute Gasteiger partial charge is 0.255 e. The number of hydrogen-bond acceptors (Lipinski definition) is 3. The minimum absolute atomic E-state index is 0.0338. The Morgan fingerprint density at radius 1 is 1.03 bits per heavy atom. The number of piperidine rings is 1. The van der Waals surface area contributed by atoms with Gasteiger partial charge in [0.05, 0.1) is 11.3 Å². The number of hydrogen-bond donors (Lipinski definition) is 2. The van der Waals surface area contributed by atoms with Gasteiger partial charge in [-0.15, -0.1) is 0 Å². The highest BCUT2D eigenvalue weighted by Gasteiger charge is 2.34. The zero-order valence-electron chi connectivity index (χ0n) is 16.6. The van der Waals surface area contributed by atoms with Crippen molar-refractivity contribution in [3.63, 3.8) is 0 Å². The van der Waals surface area contributed by atoms with Crippen molar-refractivity contribution in [1.29, 1.82) is 0 Å². The van der Waals surface area contributed by atoms with Crippen molar-refractivity contribution in [1.82, 2.24) is 20.4 Å². The molecule has 148 valence electrons. The molecule has 2 aliphatic rings. The van der Waals surface area contributed by atoms with E-state index in [0.717, 1.165) is 29.8 Å². The third kappa shape index (κ3) is 3.70. The molecule has 3 aromatic rings. The normalized spacial score (nSPS) is 23.1. The lowest BCUT2D eigenvalue weighted by atomic mass is 9.99. The summed E-state index contributed by atoms with van der Waals surface area (Å²) in [5, 5.41) is 11.7. The largest absolute Gasteiger partial charge is 0.349 e. The van der Waals surface area contributed by atoms with E-state index in [0.29, 0.717) is 17.6 Å². The number of nitrogens with one attached hydrogen (secondary N) is 2. The van der Waals surface area contributed by atoms with Gasteiger partial charge in [0.2, 0.25) is 0 Å². The molecule has 5 heteroatoms. The minimum atomic E-state index is -0.0338. The van der Waals surface area contributed by atoms with Gasteiger partial charge in [0.25, 0.3) is 5.91 Å². The van der Waals surface area contributed by atoms with E-state index in [2.05, 4.69) is 29.7 Å². The van der Waals surface area contributed by atoms with E-state index in [-0.39, 0.29) is 11.9 Å². The molecule has 5 rings (SSSR count). The first kappa shape index (κ1) is 18.1. The van der Waals surface area contributed by atoms with E-state index < -0.39 is 0 Å². The maximum absolute atomic E-state index is 13.3. The second-order valence-electron chi connectivity index (χ2n) is 8.32. The third-order valence-electron chi connectivity index (χ3n) is 6.11. The van der Waals surface area contributed by atoms with E-state index >= 15 is 0 Å². The van der Waals surface area contributed by atoms with Crippen LogP contribution in [0, 0.1) is 6.92 Å². The van der Waals surface area contributed by atoms with Crippen LogP contribution in [-0.2, 0) is 0 Å². The lowest BCUT2D eigenvalue weighted by molar-refractivity contribution is 0.0924. The Bertz CT molecular complexity index is 997. The molecular weight excluding hydrogens is 360 g/mol. The Labute approximate surface area is 171 Å². The molecule has 0 radical (unpaired) electrons. The predicted molar refractivity (Wildman–Crippen MR) is 114 cm³/mol. The first-order valence-electron chi connectivity index (χ1n) is 10.4. The van der Waals surface area contributed by atoms with Gasteiger partial charge in [-0.2, -0.15) is 5.10 Å². The molecule has 5 nitrogen and oxygen atoms in total. The number of rotatable bonds is 4. The van der Waals surface area contributed by atoms with Crippen molar-refractivity contribution >= 4 is 5.91 Å². The van der Waals surface area contributed by atoms with Crippen molar-refractivity contribution in [3.8, 4) is 16.9 Å². The van der Waals surface area contributed by atoms with Crippen LogP contribution in [0.3, 0.4) is 0 Å². The van der Waals surface area contributed by atoms with Gasteiger partial charge < -0.3 is 10.6 Å². The Balaban J connectivity index is 1.47. The molecule has 2 aliphatic heterocycles. The molecule has 0 aliphatic carbocycles. The third-order valence-corrected chi connectivity index (χ3v) is 6.11. The molecule has 0 spiro atoms. The molecule has 2 saturated heterocycles. The first-order valence-corrected chi connectivity index (χ1v) is 10.4. The highest BCUT2D eigenvalue weighted by atomic mass is 16.1. The number of fused-ring (bicyclic) bond motifs is 2. The highest BCUT2D eigenvalue weighted by Crippen LogP contribution is 2.28. The molecule has 2 aromatic carbocycles. The average Bonchev–Trinajstić information content (AvgIpc) is 3.33. The van der Waals surface area contributed by atoms with E-state index in [1.54, 1.807) is 0 Å². The Morgan fingerprint density at radius 2 is 1.72 bits per heavy atom. The Kier molecular flexibility index (Phi) is 4.68. The summed E-state index contributed by atoms with van der Waals surface area (Å²) in [6.07, 6.45) is 6.32. The highest BCUT2D eigenvalue weighted by molar-refractivity contribution is 6.00. The van der Waals surface area contributed by atoms with E-state index in [1.807, 2.05) is 53.3 Å². The first-order chi connectivity index (χ1) is 14.2. The molecule has 29 heavy (non-hydrogen) atoms. The zero-order chi connectivity index (χ0) is 19.8. The van der Waals surface area contributed by atoms with Crippen LogP contribution in [0.1, 0.15) is 41.6 Å². The molecule has 1 aromatic heterocycles. The fourth-order valence-electron chi connectivity index (χ4n) is 4.62. The van der Waals surface area contributed by atoms with Crippen molar-refractivity contribution in [2.45, 2.75) is 50.7 Å². The van der Waals surface area contributed by atoms with Crippen LogP contribution in [-0.4, -0.2) is 33.8 Å². The number of aromatic nitrogens is 2. The molecule has 0 saturated carbocycles. The molecule has 3 heterocycles. The lowest BCUT2D eigenvalue weighted by Crippen LogP contribution is -2.48. The van der Waals surface area contributed by atoms with Crippen LogP contribution < -0.4 is 10.6 Å². The zero-order valence-corrected chi connectivity index (χ0v) is 16.6. The van der Waals surface area contributed by atoms with Gasteiger partial charge in [-0.3, -0.25) is 4.79 Å². The lowest BCUT2D eigenvalue weighted by Gasteiger charge is -2.29. The van der Waals surface area contributed by atoms with Gasteiger partial charge in [0.15, 0.2) is 0 Å². The molecule has 2 unspecified atom stereocenters. The standard InChI is InChI=1S/C24H26N4O/c1-16-7-11-21(12-8-16)28-15-22(23(27-28)17-5-3-2-4-6-17)24(29)26-20-13-18-9-10-19(14-20)25-18/h2-8,11-12,15,18-20,25H,9-10,13-14H2,1H3,(H,26,29). The number of carbonyl (C=O) groups excluding carboxylic acids is 1. The van der Waals surface area contributed by atoms with Gasteiger partial charge in [-0.05, 0) is 44.7 Å². The molecule has 2 N–H and O–H groups in total. The number of aryl methyl sites for hydroxylation is 1. The van der Waals surface area contributed by atoms with E-state index in [4.69, 9.17) is 5.10 Å². The second kappa shape index (κ2) is 7.48. The SMILES string of the molecule is Cc1ccc(-n2cc(C(=O)NC3CC4CCC(C3)N4)c(-c3ccccc3)n2)cc1. The summed E-state index contributed by atoms with van der Waals surface area (Å²) in [7, 11) is 0. The predicted octanol–water partition coefficient (Wildman–Crippen LogP) is 3.86. The average molecular weight is 386 g/mol. The summed E-state index contributed by atoms with van der Waals surface area (Å²) >= 11 is 0. The summed E-state index contributed by atoms with van der Waals surface area (Å²) in [5.74, 6) is -0.0338. The quantitative estimate of drug-likeness (QED) is 0.716. The van der Waals surface area contributed by atoms with Crippen molar-refractivity contribution in [2.75, 3.05) is 0 Å². The second-order valence-corrected chi connectivity index (χ2v) is 8.32. The van der Waals surface area contributed by atoms with Gasteiger partial charge >= 0.3 is 0 Å².